The Morgan fingerprint density at radius 1 is 1.33 bits per heavy atom. The van der Waals surface area contributed by atoms with Crippen molar-refractivity contribution in [3.05, 3.63) is 28.5 Å². The summed E-state index contributed by atoms with van der Waals surface area (Å²) in [6, 6.07) is 3.09. The molecule has 1 aromatic carbocycles. The third-order valence-corrected chi connectivity index (χ3v) is 3.97. The number of benzene rings is 1. The lowest BCUT2D eigenvalue weighted by atomic mass is 9.98. The summed E-state index contributed by atoms with van der Waals surface area (Å²) in [5, 5.41) is 13.2. The highest BCUT2D eigenvalue weighted by atomic mass is 35.5. The first-order valence-electron chi connectivity index (χ1n) is 6.76. The third kappa shape index (κ3) is 4.86. The maximum atomic E-state index is 13.3. The van der Waals surface area contributed by atoms with Crippen LogP contribution in [0.5, 0.6) is 5.75 Å². The number of piperazine rings is 1. The van der Waals surface area contributed by atoms with Crippen molar-refractivity contribution in [2.75, 3.05) is 26.2 Å². The molecular formula is C14H22Cl3FN2O. The van der Waals surface area contributed by atoms with E-state index in [9.17, 15) is 9.50 Å². The molecule has 1 heterocycles. The molecule has 0 aliphatic carbocycles. The summed E-state index contributed by atoms with van der Waals surface area (Å²) >= 11 is 5.81. The molecule has 7 heteroatoms. The molecule has 1 aliphatic heterocycles. The van der Waals surface area contributed by atoms with Crippen LogP contribution >= 0.6 is 36.4 Å². The normalized spacial score (nSPS) is 16.7. The standard InChI is InChI=1S/C14H20ClFN2O.2ClH/c1-2-3-12(18-8-6-17-7-9-18)10-4-5-11(16)13(15)14(10)19;;/h4-5,12,17,19H,2-3,6-9H2,1H3;2*1H/t12-;;/m0../s1. The Balaban J connectivity index is 0.00000200. The van der Waals surface area contributed by atoms with Gasteiger partial charge in [0.05, 0.1) is 0 Å². The zero-order valence-corrected chi connectivity index (χ0v) is 14.3. The minimum atomic E-state index is -0.571. The molecule has 2 rings (SSSR count). The first-order valence-corrected chi connectivity index (χ1v) is 7.14. The van der Waals surface area contributed by atoms with Gasteiger partial charge in [-0.1, -0.05) is 31.0 Å². The molecule has 0 amide bonds. The maximum absolute atomic E-state index is 13.3. The molecule has 1 saturated heterocycles. The summed E-state index contributed by atoms with van der Waals surface area (Å²) in [7, 11) is 0. The zero-order chi connectivity index (χ0) is 13.8. The molecule has 0 spiro atoms. The molecule has 3 nitrogen and oxygen atoms in total. The van der Waals surface area contributed by atoms with Crippen molar-refractivity contribution in [2.45, 2.75) is 25.8 Å². The molecule has 1 atom stereocenters. The van der Waals surface area contributed by atoms with Crippen LogP contribution in [0.2, 0.25) is 5.02 Å². The number of phenols is 1. The maximum Gasteiger partial charge on any atom is 0.145 e. The third-order valence-electron chi connectivity index (χ3n) is 3.61. The van der Waals surface area contributed by atoms with E-state index in [1.165, 1.54) is 6.07 Å². The van der Waals surface area contributed by atoms with Gasteiger partial charge in [0.1, 0.15) is 16.6 Å². The number of hydrogen-bond donors (Lipinski definition) is 2. The second-order valence-electron chi connectivity index (χ2n) is 4.89. The summed E-state index contributed by atoms with van der Waals surface area (Å²) in [4.78, 5) is 2.32. The SMILES string of the molecule is CCC[C@@H](c1ccc(F)c(Cl)c1O)N1CCNCC1.Cl.Cl. The van der Waals surface area contributed by atoms with Crippen LogP contribution in [-0.4, -0.2) is 36.2 Å². The van der Waals surface area contributed by atoms with Crippen LogP contribution in [-0.2, 0) is 0 Å². The predicted molar refractivity (Wildman–Crippen MR) is 89.7 cm³/mol. The number of nitrogens with one attached hydrogen (secondary N) is 1. The number of hydrogen-bond acceptors (Lipinski definition) is 3. The number of aromatic hydroxyl groups is 1. The van der Waals surface area contributed by atoms with Gasteiger partial charge in [-0.2, -0.15) is 0 Å². The van der Waals surface area contributed by atoms with E-state index in [2.05, 4.69) is 17.1 Å². The molecular weight excluding hydrogens is 338 g/mol. The highest BCUT2D eigenvalue weighted by molar-refractivity contribution is 6.32. The minimum Gasteiger partial charge on any atom is -0.506 e. The largest absolute Gasteiger partial charge is 0.506 e. The topological polar surface area (TPSA) is 35.5 Å². The Bertz CT molecular complexity index is 442. The van der Waals surface area contributed by atoms with Gasteiger partial charge in [0.2, 0.25) is 0 Å². The minimum absolute atomic E-state index is 0. The zero-order valence-electron chi connectivity index (χ0n) is 11.9. The van der Waals surface area contributed by atoms with E-state index in [4.69, 9.17) is 11.6 Å². The van der Waals surface area contributed by atoms with Crippen molar-refractivity contribution in [3.63, 3.8) is 0 Å². The quantitative estimate of drug-likeness (QED) is 0.859. The van der Waals surface area contributed by atoms with E-state index < -0.39 is 5.82 Å². The van der Waals surface area contributed by atoms with E-state index in [-0.39, 0.29) is 41.6 Å². The molecule has 0 unspecified atom stereocenters. The summed E-state index contributed by atoms with van der Waals surface area (Å²) in [6.45, 7) is 5.85. The van der Waals surface area contributed by atoms with Crippen molar-refractivity contribution >= 4 is 36.4 Å². The molecule has 1 aromatic rings. The summed E-state index contributed by atoms with van der Waals surface area (Å²) in [5.74, 6) is -0.683. The first-order chi connectivity index (χ1) is 9.15. The van der Waals surface area contributed by atoms with E-state index >= 15 is 0 Å². The molecule has 2 N–H and O–H groups in total. The van der Waals surface area contributed by atoms with Gasteiger partial charge in [-0.15, -0.1) is 24.8 Å². The Morgan fingerprint density at radius 2 is 1.95 bits per heavy atom. The summed E-state index contributed by atoms with van der Waals surface area (Å²) in [6.07, 6.45) is 1.93. The van der Waals surface area contributed by atoms with E-state index in [0.717, 1.165) is 44.6 Å². The van der Waals surface area contributed by atoms with Gasteiger partial charge in [-0.05, 0) is 12.5 Å². The fourth-order valence-electron chi connectivity index (χ4n) is 2.63. The monoisotopic (exact) mass is 358 g/mol. The van der Waals surface area contributed by atoms with E-state index in [1.54, 1.807) is 6.07 Å². The molecule has 122 valence electrons. The van der Waals surface area contributed by atoms with Gasteiger partial charge in [0.15, 0.2) is 0 Å². The van der Waals surface area contributed by atoms with Crippen LogP contribution < -0.4 is 5.32 Å². The fourth-order valence-corrected chi connectivity index (χ4v) is 2.80. The second-order valence-corrected chi connectivity index (χ2v) is 5.27. The van der Waals surface area contributed by atoms with Crippen LogP contribution in [0.1, 0.15) is 31.4 Å². The smallest absolute Gasteiger partial charge is 0.145 e. The van der Waals surface area contributed by atoms with Crippen LogP contribution in [0, 0.1) is 5.82 Å². The molecule has 1 fully saturated rings. The number of rotatable bonds is 4. The highest BCUT2D eigenvalue weighted by Gasteiger charge is 2.25. The van der Waals surface area contributed by atoms with Gasteiger partial charge >= 0.3 is 0 Å². The lowest BCUT2D eigenvalue weighted by Gasteiger charge is -2.35. The Kier molecular flexibility index (Phi) is 9.58. The van der Waals surface area contributed by atoms with Crippen molar-refractivity contribution < 1.29 is 9.50 Å². The van der Waals surface area contributed by atoms with Crippen molar-refractivity contribution in [2.24, 2.45) is 0 Å². The van der Waals surface area contributed by atoms with Gasteiger partial charge in [0, 0.05) is 37.8 Å². The average Bonchev–Trinajstić information content (AvgIpc) is 2.44. The van der Waals surface area contributed by atoms with Crippen LogP contribution in [0.15, 0.2) is 12.1 Å². The van der Waals surface area contributed by atoms with Crippen LogP contribution in [0.3, 0.4) is 0 Å². The van der Waals surface area contributed by atoms with Gasteiger partial charge in [-0.3, -0.25) is 4.90 Å². The van der Waals surface area contributed by atoms with E-state index in [1.807, 2.05) is 0 Å². The Hall–Kier alpha value is -0.260. The van der Waals surface area contributed by atoms with Crippen LogP contribution in [0.4, 0.5) is 4.39 Å². The highest BCUT2D eigenvalue weighted by Crippen LogP contribution is 2.38. The molecule has 0 bridgehead atoms. The number of halogens is 4. The van der Waals surface area contributed by atoms with Crippen LogP contribution in [0.25, 0.3) is 0 Å². The van der Waals surface area contributed by atoms with Gasteiger partial charge < -0.3 is 10.4 Å². The summed E-state index contributed by atoms with van der Waals surface area (Å²) < 4.78 is 13.3. The lowest BCUT2D eigenvalue weighted by Crippen LogP contribution is -2.45. The van der Waals surface area contributed by atoms with Crippen molar-refractivity contribution in [1.29, 1.82) is 0 Å². The molecule has 1 aliphatic rings. The Labute approximate surface area is 142 Å². The van der Waals surface area contributed by atoms with Gasteiger partial charge in [0.25, 0.3) is 0 Å². The fraction of sp³-hybridized carbons (Fsp3) is 0.571. The van der Waals surface area contributed by atoms with E-state index in [0.29, 0.717) is 0 Å². The average molecular weight is 360 g/mol. The number of nitrogens with zero attached hydrogens (tertiary/aromatic N) is 1. The molecule has 21 heavy (non-hydrogen) atoms. The molecule has 0 saturated carbocycles. The first kappa shape index (κ1) is 20.7. The second kappa shape index (κ2) is 9.70. The molecule has 0 radical (unpaired) electrons. The van der Waals surface area contributed by atoms with Crippen molar-refractivity contribution in [3.8, 4) is 5.75 Å². The lowest BCUT2D eigenvalue weighted by molar-refractivity contribution is 0.162. The Morgan fingerprint density at radius 3 is 2.52 bits per heavy atom. The number of phenolic OH excluding ortho intramolecular Hbond substituents is 1. The molecule has 0 aromatic heterocycles. The predicted octanol–water partition coefficient (Wildman–Crippen LogP) is 3.77. The summed E-state index contributed by atoms with van der Waals surface area (Å²) in [5.41, 5.74) is 0.732. The van der Waals surface area contributed by atoms with Gasteiger partial charge in [-0.25, -0.2) is 4.39 Å². The van der Waals surface area contributed by atoms with Crippen molar-refractivity contribution in [1.82, 2.24) is 10.2 Å².